The summed E-state index contributed by atoms with van der Waals surface area (Å²) in [5.41, 5.74) is 0. The number of hydrogen-bond acceptors (Lipinski definition) is 2. The molecule has 82 valence electrons. The lowest BCUT2D eigenvalue weighted by Gasteiger charge is -2.01. The van der Waals surface area contributed by atoms with Crippen LogP contribution in [-0.4, -0.2) is 14.7 Å². The Morgan fingerprint density at radius 3 is 2.87 bits per heavy atom. The van der Waals surface area contributed by atoms with Crippen molar-refractivity contribution in [1.82, 2.24) is 9.55 Å². The average Bonchev–Trinajstić information content (AvgIpc) is 2.50. The van der Waals surface area contributed by atoms with Gasteiger partial charge in [0.1, 0.15) is 16.2 Å². The van der Waals surface area contributed by atoms with Crippen LogP contribution in [0.2, 0.25) is 0 Å². The molecule has 0 aromatic carbocycles. The van der Waals surface area contributed by atoms with Gasteiger partial charge in [-0.1, -0.05) is 23.2 Å². The van der Waals surface area contributed by atoms with Gasteiger partial charge in [-0.05, 0) is 26.3 Å². The summed E-state index contributed by atoms with van der Waals surface area (Å²) in [6, 6.07) is 0. The fourth-order valence-corrected chi connectivity index (χ4v) is 1.53. The summed E-state index contributed by atoms with van der Waals surface area (Å²) in [6.07, 6.45) is 6.37. The predicted molar refractivity (Wildman–Crippen MR) is 64.5 cm³/mol. The van der Waals surface area contributed by atoms with Crippen LogP contribution >= 0.6 is 23.2 Å². The number of aliphatic imine (C=N–C) groups is 1. The molecule has 0 aliphatic carbocycles. The number of nitrogens with zero attached hydrogens (tertiary/aromatic N) is 3. The summed E-state index contributed by atoms with van der Waals surface area (Å²) in [4.78, 5) is 8.03. The maximum absolute atomic E-state index is 5.82. The maximum atomic E-state index is 5.82. The van der Waals surface area contributed by atoms with E-state index < -0.39 is 0 Å². The molecular weight excluding hydrogens is 233 g/mol. The molecule has 0 bridgehead atoms. The normalized spacial score (nSPS) is 13.3. The third-order valence-electron chi connectivity index (χ3n) is 1.87. The zero-order valence-electron chi connectivity index (χ0n) is 8.74. The summed E-state index contributed by atoms with van der Waals surface area (Å²) in [7, 11) is 0. The van der Waals surface area contributed by atoms with Crippen molar-refractivity contribution >= 4 is 28.4 Å². The van der Waals surface area contributed by atoms with E-state index in [1.807, 2.05) is 19.2 Å². The Morgan fingerprint density at radius 1 is 1.60 bits per heavy atom. The second kappa shape index (κ2) is 5.93. The molecule has 0 saturated carbocycles. The van der Waals surface area contributed by atoms with Crippen molar-refractivity contribution in [2.75, 3.05) is 0 Å². The fraction of sp³-hybridized carbons (Fsp3) is 0.400. The van der Waals surface area contributed by atoms with Crippen LogP contribution in [0, 0.1) is 6.92 Å². The van der Waals surface area contributed by atoms with E-state index in [2.05, 4.69) is 14.5 Å². The van der Waals surface area contributed by atoms with Crippen LogP contribution in [0.5, 0.6) is 0 Å². The van der Waals surface area contributed by atoms with Crippen molar-refractivity contribution in [1.29, 1.82) is 0 Å². The molecule has 0 unspecified atom stereocenters. The molecule has 0 aliphatic rings. The van der Waals surface area contributed by atoms with Gasteiger partial charge in [-0.25, -0.2) is 9.98 Å². The Kier molecular flexibility index (Phi) is 4.85. The van der Waals surface area contributed by atoms with Crippen LogP contribution in [0.3, 0.4) is 0 Å². The summed E-state index contributed by atoms with van der Waals surface area (Å²) in [5, 5.41) is 0.871. The smallest absolute Gasteiger partial charge is 0.126 e. The molecule has 0 aliphatic heterocycles. The predicted octanol–water partition coefficient (Wildman–Crippen LogP) is 3.32. The van der Waals surface area contributed by atoms with Crippen LogP contribution in [0.15, 0.2) is 28.6 Å². The van der Waals surface area contributed by atoms with Gasteiger partial charge in [0, 0.05) is 18.9 Å². The highest BCUT2D eigenvalue weighted by Gasteiger charge is 1.95. The number of imidazole rings is 1. The van der Waals surface area contributed by atoms with Crippen LogP contribution in [0.4, 0.5) is 0 Å². The minimum absolute atomic E-state index is 0.431. The average molecular weight is 246 g/mol. The first-order valence-electron chi connectivity index (χ1n) is 4.64. The standard InChI is InChI=1S/C10H13Cl2N3/c1-8(11)14-10(12)4-3-6-15-7-5-13-9(15)2/h4-5,7H,3,6H2,1-2H3/b10-4-,14-8+. The number of rotatable bonds is 4. The van der Waals surface area contributed by atoms with E-state index in [0.717, 1.165) is 18.8 Å². The third-order valence-corrected chi connectivity index (χ3v) is 2.19. The molecule has 0 radical (unpaired) electrons. The van der Waals surface area contributed by atoms with Crippen molar-refractivity contribution < 1.29 is 0 Å². The molecule has 3 nitrogen and oxygen atoms in total. The van der Waals surface area contributed by atoms with Gasteiger partial charge in [-0.2, -0.15) is 0 Å². The zero-order valence-corrected chi connectivity index (χ0v) is 10.3. The highest BCUT2D eigenvalue weighted by atomic mass is 35.5. The van der Waals surface area contributed by atoms with E-state index in [4.69, 9.17) is 23.2 Å². The number of allylic oxidation sites excluding steroid dienone is 1. The summed E-state index contributed by atoms with van der Waals surface area (Å²) in [5.74, 6) is 0.997. The molecule has 15 heavy (non-hydrogen) atoms. The van der Waals surface area contributed by atoms with Crippen molar-refractivity contribution in [2.24, 2.45) is 4.99 Å². The molecule has 1 aromatic rings. The molecule has 0 saturated heterocycles. The Labute approximate surface area is 99.4 Å². The number of hydrogen-bond donors (Lipinski definition) is 0. The van der Waals surface area contributed by atoms with Gasteiger partial charge >= 0.3 is 0 Å². The topological polar surface area (TPSA) is 30.2 Å². The third kappa shape index (κ3) is 4.49. The van der Waals surface area contributed by atoms with Crippen LogP contribution in [-0.2, 0) is 6.54 Å². The van der Waals surface area contributed by atoms with Gasteiger partial charge in [0.25, 0.3) is 0 Å². The van der Waals surface area contributed by atoms with E-state index in [9.17, 15) is 0 Å². The number of halogens is 2. The van der Waals surface area contributed by atoms with E-state index in [-0.39, 0.29) is 0 Å². The van der Waals surface area contributed by atoms with Crippen LogP contribution in [0.1, 0.15) is 19.2 Å². The Hall–Kier alpha value is -0.800. The van der Waals surface area contributed by atoms with Crippen molar-refractivity contribution in [3.05, 3.63) is 29.5 Å². The first-order chi connectivity index (χ1) is 7.09. The molecule has 0 fully saturated rings. The van der Waals surface area contributed by atoms with Crippen LogP contribution < -0.4 is 0 Å². The number of aromatic nitrogens is 2. The van der Waals surface area contributed by atoms with Gasteiger partial charge in [-0.15, -0.1) is 0 Å². The number of aryl methyl sites for hydroxylation is 2. The fourth-order valence-electron chi connectivity index (χ4n) is 1.16. The monoisotopic (exact) mass is 245 g/mol. The largest absolute Gasteiger partial charge is 0.335 e. The van der Waals surface area contributed by atoms with E-state index >= 15 is 0 Å². The Balaban J connectivity index is 2.46. The molecule has 1 rings (SSSR count). The van der Waals surface area contributed by atoms with E-state index in [1.54, 1.807) is 13.1 Å². The van der Waals surface area contributed by atoms with Crippen molar-refractivity contribution in [2.45, 2.75) is 26.8 Å². The summed E-state index contributed by atoms with van der Waals surface area (Å²) in [6.45, 7) is 4.50. The van der Waals surface area contributed by atoms with Gasteiger partial charge in [0.05, 0.1) is 0 Å². The molecule has 1 heterocycles. The molecule has 5 heteroatoms. The van der Waals surface area contributed by atoms with Crippen LogP contribution in [0.25, 0.3) is 0 Å². The molecule has 0 atom stereocenters. The lowest BCUT2D eigenvalue weighted by molar-refractivity contribution is 0.684. The highest BCUT2D eigenvalue weighted by Crippen LogP contribution is 2.07. The minimum atomic E-state index is 0.431. The molecular formula is C10H13Cl2N3. The first-order valence-corrected chi connectivity index (χ1v) is 5.39. The van der Waals surface area contributed by atoms with Crippen molar-refractivity contribution in [3.8, 4) is 0 Å². The van der Waals surface area contributed by atoms with E-state index in [0.29, 0.717) is 10.3 Å². The van der Waals surface area contributed by atoms with Gasteiger partial charge in [0.2, 0.25) is 0 Å². The summed E-state index contributed by atoms with van der Waals surface area (Å²) >= 11 is 11.4. The molecule has 0 spiro atoms. The SMILES string of the molecule is C/C(Cl)=N\C(Cl)=C/CCn1ccnc1C. The molecule has 0 N–H and O–H groups in total. The van der Waals surface area contributed by atoms with Crippen molar-refractivity contribution in [3.63, 3.8) is 0 Å². The minimum Gasteiger partial charge on any atom is -0.335 e. The molecule has 1 aromatic heterocycles. The van der Waals surface area contributed by atoms with Gasteiger partial charge < -0.3 is 4.57 Å². The zero-order chi connectivity index (χ0) is 11.3. The van der Waals surface area contributed by atoms with Gasteiger partial charge in [0.15, 0.2) is 0 Å². The lowest BCUT2D eigenvalue weighted by atomic mass is 10.4. The second-order valence-electron chi connectivity index (χ2n) is 3.09. The maximum Gasteiger partial charge on any atom is 0.126 e. The quantitative estimate of drug-likeness (QED) is 0.592. The lowest BCUT2D eigenvalue weighted by Crippen LogP contribution is -1.97. The second-order valence-corrected chi connectivity index (χ2v) is 4.03. The summed E-state index contributed by atoms with van der Waals surface area (Å²) < 4.78 is 2.05. The Morgan fingerprint density at radius 2 is 2.33 bits per heavy atom. The first kappa shape index (κ1) is 12.3. The highest BCUT2D eigenvalue weighted by molar-refractivity contribution is 6.65. The van der Waals surface area contributed by atoms with E-state index in [1.165, 1.54) is 0 Å². The van der Waals surface area contributed by atoms with Gasteiger partial charge in [-0.3, -0.25) is 0 Å². The molecule has 0 amide bonds. The Bertz CT molecular complexity index is 376.